The van der Waals surface area contributed by atoms with Crippen LogP contribution in [0.4, 0.5) is 5.69 Å². The number of rotatable bonds is 0. The largest absolute Gasteiger partial charge is 0.256 e. The van der Waals surface area contributed by atoms with Crippen LogP contribution in [0.25, 0.3) is 0 Å². The smallest absolute Gasteiger partial charge is 0.0665 e. The van der Waals surface area contributed by atoms with Gasteiger partial charge in [0, 0.05) is 12.6 Å². The van der Waals surface area contributed by atoms with Crippen LogP contribution < -0.4 is 0 Å². The van der Waals surface area contributed by atoms with Gasteiger partial charge < -0.3 is 0 Å². The highest BCUT2D eigenvalue weighted by atomic mass is 14.7. The molecule has 0 spiro atoms. The molecule has 1 heteroatoms. The van der Waals surface area contributed by atoms with Crippen molar-refractivity contribution in [3.8, 4) is 0 Å². The van der Waals surface area contributed by atoms with Crippen LogP contribution in [0.15, 0.2) is 47.1 Å². The number of allylic oxidation sites excluding steroid dienone is 1. The van der Waals surface area contributed by atoms with Crippen LogP contribution >= 0.6 is 0 Å². The number of aliphatic imine (C=N–C) groups is 1. The van der Waals surface area contributed by atoms with E-state index < -0.39 is 0 Å². The maximum atomic E-state index is 4.28. The molecule has 0 unspecified atom stereocenters. The van der Waals surface area contributed by atoms with Crippen molar-refractivity contribution in [2.45, 2.75) is 6.42 Å². The summed E-state index contributed by atoms with van der Waals surface area (Å²) in [5.74, 6) is 0. The molecule has 0 aromatic heterocycles. The van der Waals surface area contributed by atoms with Crippen LogP contribution in [0.2, 0.25) is 0 Å². The lowest BCUT2D eigenvalue weighted by Crippen LogP contribution is -1.82. The Bertz CT molecular complexity index is 368. The standard InChI is InChI=1S/C11H9N/c1-2-6-10-7-3-4-8-11(10)12-9-5-1/h2-5,7-9H,6H2. The fourth-order valence-electron chi connectivity index (χ4n) is 1.21. The molecule has 0 saturated carbocycles. The highest BCUT2D eigenvalue weighted by Gasteiger charge is 1.96. The fourth-order valence-corrected chi connectivity index (χ4v) is 1.21. The Labute approximate surface area is 71.8 Å². The lowest BCUT2D eigenvalue weighted by atomic mass is 10.1. The summed E-state index contributed by atoms with van der Waals surface area (Å²) < 4.78 is 0. The normalized spacial score (nSPS) is 13.7. The highest BCUT2D eigenvalue weighted by Crippen LogP contribution is 2.19. The first-order valence-electron chi connectivity index (χ1n) is 3.98. The van der Waals surface area contributed by atoms with Crippen LogP contribution in [-0.2, 0) is 6.42 Å². The number of hydrogen-bond acceptors (Lipinski definition) is 1. The Morgan fingerprint density at radius 3 is 3.17 bits per heavy atom. The molecule has 0 fully saturated rings. The summed E-state index contributed by atoms with van der Waals surface area (Å²) in [5.41, 5.74) is 5.35. The molecule has 0 amide bonds. The van der Waals surface area contributed by atoms with Gasteiger partial charge in [-0.15, -0.1) is 5.73 Å². The van der Waals surface area contributed by atoms with Gasteiger partial charge in [-0.05, 0) is 23.8 Å². The summed E-state index contributed by atoms with van der Waals surface area (Å²) in [6.45, 7) is 0. The van der Waals surface area contributed by atoms with Gasteiger partial charge in [0.15, 0.2) is 0 Å². The maximum Gasteiger partial charge on any atom is 0.0665 e. The van der Waals surface area contributed by atoms with E-state index in [0.717, 1.165) is 12.1 Å². The zero-order chi connectivity index (χ0) is 8.23. The number of para-hydroxylation sites is 1. The number of nitrogens with zero attached hydrogens (tertiary/aromatic N) is 1. The van der Waals surface area contributed by atoms with E-state index in [2.05, 4.69) is 16.8 Å². The zero-order valence-electron chi connectivity index (χ0n) is 6.70. The SMILES string of the molecule is C1=CC=Nc2ccccc2CC=1. The van der Waals surface area contributed by atoms with Crippen molar-refractivity contribution >= 4 is 11.9 Å². The van der Waals surface area contributed by atoms with Crippen LogP contribution in [0, 0.1) is 0 Å². The second kappa shape index (κ2) is 3.21. The molecule has 1 aliphatic heterocycles. The lowest BCUT2D eigenvalue weighted by molar-refractivity contribution is 1.25. The average Bonchev–Trinajstić information content (AvgIpc) is 2.06. The molecule has 1 heterocycles. The predicted octanol–water partition coefficient (Wildman–Crippen LogP) is 2.66. The quantitative estimate of drug-likeness (QED) is 0.511. The molecule has 0 N–H and O–H groups in total. The molecule has 0 bridgehead atoms. The second-order valence-electron chi connectivity index (χ2n) is 2.65. The minimum atomic E-state index is 0.921. The summed E-state index contributed by atoms with van der Waals surface area (Å²) in [6, 6.07) is 8.16. The zero-order valence-corrected chi connectivity index (χ0v) is 6.70. The van der Waals surface area contributed by atoms with E-state index in [1.165, 1.54) is 5.56 Å². The summed E-state index contributed by atoms with van der Waals surface area (Å²) in [5, 5.41) is 0. The Morgan fingerprint density at radius 1 is 1.25 bits per heavy atom. The van der Waals surface area contributed by atoms with E-state index in [0.29, 0.717) is 0 Å². The number of hydrogen-bond donors (Lipinski definition) is 0. The molecule has 0 aliphatic carbocycles. The third-order valence-corrected chi connectivity index (χ3v) is 1.82. The van der Waals surface area contributed by atoms with Crippen molar-refractivity contribution in [3.63, 3.8) is 0 Å². The Kier molecular flexibility index (Phi) is 1.89. The summed E-state index contributed by atoms with van der Waals surface area (Å²) in [7, 11) is 0. The van der Waals surface area contributed by atoms with Crippen molar-refractivity contribution in [2.24, 2.45) is 4.99 Å². The predicted molar refractivity (Wildman–Crippen MR) is 51.0 cm³/mol. The highest BCUT2D eigenvalue weighted by molar-refractivity contribution is 5.75. The minimum absolute atomic E-state index is 0.921. The van der Waals surface area contributed by atoms with Gasteiger partial charge in [-0.25, -0.2) is 0 Å². The van der Waals surface area contributed by atoms with Gasteiger partial charge in [0.2, 0.25) is 0 Å². The molecule has 12 heavy (non-hydrogen) atoms. The van der Waals surface area contributed by atoms with Gasteiger partial charge >= 0.3 is 0 Å². The fraction of sp³-hybridized carbons (Fsp3) is 0.0909. The van der Waals surface area contributed by atoms with E-state index in [-0.39, 0.29) is 0 Å². The maximum absolute atomic E-state index is 4.28. The van der Waals surface area contributed by atoms with Crippen molar-refractivity contribution < 1.29 is 0 Å². The molecule has 1 nitrogen and oxygen atoms in total. The number of benzene rings is 1. The van der Waals surface area contributed by atoms with Gasteiger partial charge in [-0.1, -0.05) is 18.2 Å². The summed E-state index contributed by atoms with van der Waals surface area (Å²) in [4.78, 5) is 4.28. The van der Waals surface area contributed by atoms with Crippen molar-refractivity contribution in [3.05, 3.63) is 47.7 Å². The van der Waals surface area contributed by atoms with Crippen molar-refractivity contribution in [1.82, 2.24) is 0 Å². The Balaban J connectivity index is 2.51. The molecular weight excluding hydrogens is 146 g/mol. The molecule has 0 atom stereocenters. The molecule has 2 rings (SSSR count). The number of fused-ring (bicyclic) bond motifs is 1. The topological polar surface area (TPSA) is 12.4 Å². The molecule has 0 saturated heterocycles. The summed E-state index contributed by atoms with van der Waals surface area (Å²) in [6.07, 6.45) is 6.54. The third kappa shape index (κ3) is 1.36. The Hall–Kier alpha value is -1.59. The third-order valence-electron chi connectivity index (χ3n) is 1.82. The van der Waals surface area contributed by atoms with E-state index in [4.69, 9.17) is 0 Å². The van der Waals surface area contributed by atoms with E-state index in [1.54, 1.807) is 6.21 Å². The lowest BCUT2D eigenvalue weighted by Gasteiger charge is -2.01. The second-order valence-corrected chi connectivity index (χ2v) is 2.65. The van der Waals surface area contributed by atoms with Gasteiger partial charge in [-0.2, -0.15) is 0 Å². The Morgan fingerprint density at radius 2 is 2.17 bits per heavy atom. The van der Waals surface area contributed by atoms with Gasteiger partial charge in [0.1, 0.15) is 0 Å². The molecule has 1 aromatic rings. The average molecular weight is 155 g/mol. The molecule has 58 valence electrons. The van der Waals surface area contributed by atoms with E-state index in [9.17, 15) is 0 Å². The van der Waals surface area contributed by atoms with Gasteiger partial charge in [0.25, 0.3) is 0 Å². The van der Waals surface area contributed by atoms with Crippen molar-refractivity contribution in [2.75, 3.05) is 0 Å². The van der Waals surface area contributed by atoms with Crippen molar-refractivity contribution in [1.29, 1.82) is 0 Å². The van der Waals surface area contributed by atoms with Gasteiger partial charge in [0.05, 0.1) is 5.69 Å². The minimum Gasteiger partial charge on any atom is -0.256 e. The first-order valence-corrected chi connectivity index (χ1v) is 3.98. The van der Waals surface area contributed by atoms with Crippen LogP contribution in [0.5, 0.6) is 0 Å². The molecule has 1 aliphatic rings. The monoisotopic (exact) mass is 155 g/mol. The van der Waals surface area contributed by atoms with Crippen LogP contribution in [-0.4, -0.2) is 6.21 Å². The van der Waals surface area contributed by atoms with Crippen LogP contribution in [0.1, 0.15) is 5.56 Å². The van der Waals surface area contributed by atoms with E-state index in [1.807, 2.05) is 30.4 Å². The molecule has 0 radical (unpaired) electrons. The van der Waals surface area contributed by atoms with Gasteiger partial charge in [-0.3, -0.25) is 4.99 Å². The first kappa shape index (κ1) is 7.08. The summed E-state index contributed by atoms with van der Waals surface area (Å²) >= 11 is 0. The first-order chi connectivity index (χ1) is 5.97. The van der Waals surface area contributed by atoms with Crippen LogP contribution in [0.3, 0.4) is 0 Å². The molecular formula is C11H9N. The molecule has 1 aromatic carbocycles. The van der Waals surface area contributed by atoms with E-state index >= 15 is 0 Å².